The summed E-state index contributed by atoms with van der Waals surface area (Å²) in [6.07, 6.45) is 4.92. The summed E-state index contributed by atoms with van der Waals surface area (Å²) in [4.78, 5) is 31.5. The highest BCUT2D eigenvalue weighted by Gasteiger charge is 2.30. The van der Waals surface area contributed by atoms with Crippen LogP contribution in [0.15, 0.2) is 33.6 Å². The Balaban J connectivity index is 1.58. The van der Waals surface area contributed by atoms with Crippen molar-refractivity contribution in [1.82, 2.24) is 29.7 Å². The van der Waals surface area contributed by atoms with Gasteiger partial charge in [0.25, 0.3) is 0 Å². The molecule has 6 rings (SSSR count). The summed E-state index contributed by atoms with van der Waals surface area (Å²) >= 11 is 2.38. The third kappa shape index (κ3) is 4.97. The zero-order valence-electron chi connectivity index (χ0n) is 21.7. The number of H-pyrrole nitrogens is 1. The lowest BCUT2D eigenvalue weighted by Gasteiger charge is -2.35. The van der Waals surface area contributed by atoms with Gasteiger partial charge in [0.15, 0.2) is 5.65 Å². The number of nitrogens with zero attached hydrogens (tertiary/aromatic N) is 6. The summed E-state index contributed by atoms with van der Waals surface area (Å²) in [6, 6.07) is 8.61. The van der Waals surface area contributed by atoms with Gasteiger partial charge in [0, 0.05) is 23.1 Å². The number of imidazole rings is 1. The van der Waals surface area contributed by atoms with Gasteiger partial charge in [0.05, 0.1) is 19.3 Å². The van der Waals surface area contributed by atoms with E-state index < -0.39 is 5.76 Å². The second kappa shape index (κ2) is 10.8. The lowest BCUT2D eigenvalue weighted by atomic mass is 9.83. The Kier molecular flexibility index (Phi) is 7.21. The van der Waals surface area contributed by atoms with Crippen molar-refractivity contribution < 1.29 is 9.26 Å². The maximum absolute atomic E-state index is 11.7. The molecule has 0 bridgehead atoms. The van der Waals surface area contributed by atoms with Crippen LogP contribution < -0.4 is 10.7 Å². The Morgan fingerprint density at radius 1 is 1.13 bits per heavy atom. The van der Waals surface area contributed by atoms with Gasteiger partial charge >= 0.3 is 5.76 Å². The first-order valence-electron chi connectivity index (χ1n) is 13.3. The number of rotatable bonds is 6. The number of aromatic amines is 1. The van der Waals surface area contributed by atoms with Crippen LogP contribution in [0.25, 0.3) is 34.1 Å². The number of nitrogens with one attached hydrogen (secondary N) is 1. The van der Waals surface area contributed by atoms with Crippen LogP contribution in [0.2, 0.25) is 0 Å². The van der Waals surface area contributed by atoms with Crippen LogP contribution in [-0.4, -0.2) is 55.5 Å². The zero-order chi connectivity index (χ0) is 26.2. The maximum atomic E-state index is 11.7. The van der Waals surface area contributed by atoms with Crippen LogP contribution in [0.1, 0.15) is 45.1 Å². The summed E-state index contributed by atoms with van der Waals surface area (Å²) in [5, 5.41) is 3.86. The van der Waals surface area contributed by atoms with Gasteiger partial charge in [-0.25, -0.2) is 14.8 Å². The molecule has 0 spiro atoms. The minimum absolute atomic E-state index is 0.191. The van der Waals surface area contributed by atoms with E-state index in [0.29, 0.717) is 24.8 Å². The van der Waals surface area contributed by atoms with Crippen LogP contribution in [-0.2, 0) is 15.7 Å². The molecule has 10 nitrogen and oxygen atoms in total. The van der Waals surface area contributed by atoms with E-state index in [0.717, 1.165) is 46.2 Å². The fourth-order valence-corrected chi connectivity index (χ4v) is 6.12. The van der Waals surface area contributed by atoms with Gasteiger partial charge in [0.2, 0.25) is 17.6 Å². The molecular weight excluding hydrogens is 597 g/mol. The molecule has 38 heavy (non-hydrogen) atoms. The zero-order valence-corrected chi connectivity index (χ0v) is 23.8. The minimum Gasteiger partial charge on any atom is -0.377 e. The van der Waals surface area contributed by atoms with Gasteiger partial charge in [0.1, 0.15) is 11.2 Å². The molecule has 1 saturated heterocycles. The molecule has 2 aliphatic rings. The number of halogens is 1. The van der Waals surface area contributed by atoms with Crippen LogP contribution in [0.4, 0.5) is 5.95 Å². The van der Waals surface area contributed by atoms with E-state index in [4.69, 9.17) is 24.2 Å². The Labute approximate surface area is 234 Å². The SMILES string of the molecule is C[C@H]1COCCN1c1nc2nc(-c3noc(=O)[nH]3)nc(-c3cccc(CI)c3)c2n1C[C@H]1CC[C@H](C)CC1. The van der Waals surface area contributed by atoms with Crippen LogP contribution in [0, 0.1) is 11.8 Å². The van der Waals surface area contributed by atoms with Crippen molar-refractivity contribution in [2.45, 2.75) is 56.5 Å². The van der Waals surface area contributed by atoms with Crippen molar-refractivity contribution in [3.63, 3.8) is 0 Å². The molecule has 200 valence electrons. The van der Waals surface area contributed by atoms with E-state index in [-0.39, 0.29) is 17.7 Å². The predicted molar refractivity (Wildman–Crippen MR) is 153 cm³/mol. The monoisotopic (exact) mass is 629 g/mol. The summed E-state index contributed by atoms with van der Waals surface area (Å²) in [5.74, 6) is 2.10. The number of benzene rings is 1. The number of anilines is 1. The Morgan fingerprint density at radius 3 is 2.71 bits per heavy atom. The lowest BCUT2D eigenvalue weighted by molar-refractivity contribution is 0.0976. The Bertz CT molecular complexity index is 1490. The van der Waals surface area contributed by atoms with Crippen molar-refractivity contribution in [1.29, 1.82) is 0 Å². The fourth-order valence-electron chi connectivity index (χ4n) is 5.65. The number of hydrogen-bond acceptors (Lipinski definition) is 8. The maximum Gasteiger partial charge on any atom is 0.439 e. The second-order valence-electron chi connectivity index (χ2n) is 10.6. The minimum atomic E-state index is -0.642. The molecule has 1 aromatic carbocycles. The van der Waals surface area contributed by atoms with Gasteiger partial charge in [-0.3, -0.25) is 9.51 Å². The predicted octanol–water partition coefficient (Wildman–Crippen LogP) is 4.82. The third-order valence-corrected chi connectivity index (χ3v) is 8.67. The number of alkyl halides is 1. The highest BCUT2D eigenvalue weighted by molar-refractivity contribution is 14.1. The molecular formula is C27H32IN7O3. The summed E-state index contributed by atoms with van der Waals surface area (Å²) in [6.45, 7) is 7.48. The lowest BCUT2D eigenvalue weighted by Crippen LogP contribution is -2.45. The van der Waals surface area contributed by atoms with E-state index in [1.54, 1.807) is 0 Å². The van der Waals surface area contributed by atoms with Crippen LogP contribution >= 0.6 is 22.6 Å². The van der Waals surface area contributed by atoms with Crippen molar-refractivity contribution in [3.05, 3.63) is 40.4 Å². The molecule has 4 heterocycles. The van der Waals surface area contributed by atoms with Crippen molar-refractivity contribution in [2.75, 3.05) is 24.7 Å². The molecule has 1 atom stereocenters. The van der Waals surface area contributed by atoms with E-state index >= 15 is 0 Å². The quantitative estimate of drug-likeness (QED) is 0.239. The average Bonchev–Trinajstić information content (AvgIpc) is 3.53. The van der Waals surface area contributed by atoms with Gasteiger partial charge in [-0.05, 0) is 43.2 Å². The molecule has 1 N–H and O–H groups in total. The Morgan fingerprint density at radius 2 is 1.97 bits per heavy atom. The number of ether oxygens (including phenoxy) is 1. The number of fused-ring (bicyclic) bond motifs is 1. The van der Waals surface area contributed by atoms with E-state index in [2.05, 4.69) is 80.3 Å². The molecule has 0 radical (unpaired) electrons. The standard InChI is InChI=1S/C27H32IN7O3/c1-16-6-8-18(9-7-16)14-35-22-21(20-5-3-4-19(12-20)13-28)29-24(25-32-27(36)38-33-25)30-23(22)31-26(35)34-10-11-37-15-17(34)2/h3-5,12,16-18H,6-11,13-15H2,1-2H3,(H,32,33,36)/t16-,17-,18-/m0/s1. The first kappa shape index (κ1) is 25.5. The van der Waals surface area contributed by atoms with Gasteiger partial charge in [-0.2, -0.15) is 4.98 Å². The second-order valence-corrected chi connectivity index (χ2v) is 11.4. The molecule has 0 unspecified atom stereocenters. The molecule has 1 saturated carbocycles. The fraction of sp³-hybridized carbons (Fsp3) is 0.519. The van der Waals surface area contributed by atoms with Crippen LogP contribution in [0.5, 0.6) is 0 Å². The number of aromatic nitrogens is 6. The highest BCUT2D eigenvalue weighted by Crippen LogP contribution is 2.36. The van der Waals surface area contributed by atoms with E-state index in [9.17, 15) is 4.79 Å². The van der Waals surface area contributed by atoms with Crippen LogP contribution in [0.3, 0.4) is 0 Å². The summed E-state index contributed by atoms with van der Waals surface area (Å²) in [5.41, 5.74) is 4.48. The van der Waals surface area contributed by atoms with Gasteiger partial charge in [-0.15, -0.1) is 0 Å². The Hall–Kier alpha value is -2.80. The molecule has 1 aliphatic carbocycles. The summed E-state index contributed by atoms with van der Waals surface area (Å²) in [7, 11) is 0. The van der Waals surface area contributed by atoms with E-state index in [1.807, 2.05) is 0 Å². The smallest absolute Gasteiger partial charge is 0.377 e. The first-order valence-corrected chi connectivity index (χ1v) is 14.9. The number of morpholine rings is 1. The highest BCUT2D eigenvalue weighted by atomic mass is 127. The van der Waals surface area contributed by atoms with Crippen molar-refractivity contribution >= 4 is 39.7 Å². The van der Waals surface area contributed by atoms with Gasteiger partial charge in [-0.1, -0.05) is 65.7 Å². The summed E-state index contributed by atoms with van der Waals surface area (Å²) < 4.78 is 13.8. The molecule has 2 fully saturated rings. The van der Waals surface area contributed by atoms with Crippen molar-refractivity contribution in [3.8, 4) is 22.9 Å². The molecule has 1 aliphatic heterocycles. The molecule has 0 amide bonds. The third-order valence-electron chi connectivity index (χ3n) is 7.79. The topological polar surface area (TPSA) is 115 Å². The number of hydrogen-bond donors (Lipinski definition) is 1. The van der Waals surface area contributed by atoms with Crippen molar-refractivity contribution in [2.24, 2.45) is 11.8 Å². The first-order chi connectivity index (χ1) is 18.5. The molecule has 3 aromatic heterocycles. The molecule has 11 heteroatoms. The largest absolute Gasteiger partial charge is 0.439 e. The normalized spacial score (nSPS) is 22.3. The average molecular weight is 630 g/mol. The van der Waals surface area contributed by atoms with Gasteiger partial charge < -0.3 is 14.2 Å². The van der Waals surface area contributed by atoms with E-state index in [1.165, 1.54) is 31.2 Å². The molecule has 4 aromatic rings.